The maximum absolute atomic E-state index is 12.0. The van der Waals surface area contributed by atoms with E-state index in [1.165, 1.54) is 11.5 Å². The number of anilines is 1. The predicted octanol–water partition coefficient (Wildman–Crippen LogP) is -0.699. The third-order valence-corrected chi connectivity index (χ3v) is 8.45. The second-order valence-corrected chi connectivity index (χ2v) is 12.0. The summed E-state index contributed by atoms with van der Waals surface area (Å²) in [5, 5.41) is 10.5. The predicted molar refractivity (Wildman–Crippen MR) is 107 cm³/mol. The number of fused-ring (bicyclic) bond motifs is 1. The van der Waals surface area contributed by atoms with Gasteiger partial charge in [0.25, 0.3) is 5.56 Å². The average molecular weight is 556 g/mol. The topological polar surface area (TPSA) is 279 Å². The van der Waals surface area contributed by atoms with Crippen LogP contribution < -0.4 is 11.3 Å². The van der Waals surface area contributed by atoms with E-state index in [4.69, 9.17) is 31.9 Å². The summed E-state index contributed by atoms with van der Waals surface area (Å²) in [5.41, 5.74) is 4.71. The first-order valence-electron chi connectivity index (χ1n) is 8.45. The lowest BCUT2D eigenvalue weighted by molar-refractivity contribution is -0.0432. The summed E-state index contributed by atoms with van der Waals surface area (Å²) in [6.45, 7) is 0.379. The van der Waals surface area contributed by atoms with Gasteiger partial charge in [-0.2, -0.15) is 13.6 Å². The number of nitrogens with one attached hydrogen (secondary N) is 1. The standard InChI is InChI=1S/C11H17ClN5O13P3/c1-11(12)6(18)4(2-27-32(23,24)30-33(25,26)29-31(20,21)22)28-9(11)17-3-14-5-7(17)15-10(13)16-8(5)19/h3-4,6,9,18H,2H2,1H3,(H,23,24)(H,25,26)(H2,20,21,22)(H3,13,15,16,19)/t4-,6-,9-,11-/m1/s1. The second kappa shape index (κ2) is 8.77. The van der Waals surface area contributed by atoms with Gasteiger partial charge in [-0.3, -0.25) is 18.9 Å². The van der Waals surface area contributed by atoms with Crippen LogP contribution in [0, 0.1) is 0 Å². The number of aromatic amines is 1. The van der Waals surface area contributed by atoms with E-state index >= 15 is 0 Å². The van der Waals surface area contributed by atoms with Crippen LogP contribution in [0.5, 0.6) is 0 Å². The Morgan fingerprint density at radius 3 is 2.52 bits per heavy atom. The molecule has 3 heterocycles. The molecule has 1 fully saturated rings. The number of aliphatic hydroxyl groups excluding tert-OH is 1. The fourth-order valence-electron chi connectivity index (χ4n) is 2.94. The van der Waals surface area contributed by atoms with Crippen molar-refractivity contribution in [3.8, 4) is 0 Å². The number of rotatable bonds is 8. The molecule has 1 saturated heterocycles. The Balaban J connectivity index is 1.78. The molecule has 6 atom stereocenters. The second-order valence-electron chi connectivity index (χ2n) is 6.78. The average Bonchev–Trinajstić information content (AvgIpc) is 3.10. The van der Waals surface area contributed by atoms with Crippen molar-refractivity contribution >= 4 is 52.2 Å². The number of aliphatic hydroxyl groups is 1. The molecule has 1 aliphatic rings. The van der Waals surface area contributed by atoms with E-state index in [-0.39, 0.29) is 17.1 Å². The Kier molecular flexibility index (Phi) is 7.01. The highest BCUT2D eigenvalue weighted by atomic mass is 35.5. The summed E-state index contributed by atoms with van der Waals surface area (Å²) >= 11 is 6.40. The highest BCUT2D eigenvalue weighted by molar-refractivity contribution is 7.66. The number of phosphoric ester groups is 1. The van der Waals surface area contributed by atoms with Crippen LogP contribution in [-0.4, -0.2) is 67.9 Å². The maximum atomic E-state index is 12.0. The van der Waals surface area contributed by atoms with Gasteiger partial charge in [0, 0.05) is 0 Å². The quantitative estimate of drug-likeness (QED) is 0.156. The minimum atomic E-state index is -5.72. The molecule has 2 unspecified atom stereocenters. The van der Waals surface area contributed by atoms with Crippen molar-refractivity contribution in [3.63, 3.8) is 0 Å². The Labute approximate surface area is 187 Å². The van der Waals surface area contributed by atoms with Crippen molar-refractivity contribution in [3.05, 3.63) is 16.7 Å². The number of aromatic nitrogens is 4. The van der Waals surface area contributed by atoms with Gasteiger partial charge in [0.1, 0.15) is 17.1 Å². The molecule has 22 heteroatoms. The zero-order chi connectivity index (χ0) is 25.0. The van der Waals surface area contributed by atoms with Crippen LogP contribution in [0.15, 0.2) is 11.1 Å². The van der Waals surface area contributed by atoms with Crippen LogP contribution in [0.2, 0.25) is 0 Å². The fraction of sp³-hybridized carbons (Fsp3) is 0.545. The first-order chi connectivity index (χ1) is 14.9. The largest absolute Gasteiger partial charge is 0.490 e. The number of ether oxygens (including phenoxy) is 1. The van der Waals surface area contributed by atoms with E-state index < -0.39 is 58.9 Å². The Hall–Kier alpha value is -1.23. The summed E-state index contributed by atoms with van der Waals surface area (Å²) in [6, 6.07) is 0. The molecular formula is C11H17ClN5O13P3. The number of hydrogen-bond acceptors (Lipinski definition) is 12. The van der Waals surface area contributed by atoms with Crippen molar-refractivity contribution < 1.29 is 56.3 Å². The maximum Gasteiger partial charge on any atom is 0.490 e. The van der Waals surface area contributed by atoms with E-state index in [0.717, 1.165) is 6.33 Å². The molecule has 33 heavy (non-hydrogen) atoms. The van der Waals surface area contributed by atoms with E-state index in [1.807, 2.05) is 0 Å². The van der Waals surface area contributed by atoms with E-state index in [9.17, 15) is 33.4 Å². The fourth-order valence-corrected chi connectivity index (χ4v) is 6.26. The molecule has 2 aromatic heterocycles. The SMILES string of the molecule is C[C@@]1(Cl)[C@H](O)[C@@H](COP(=O)(O)OP(=O)(O)OP(=O)(O)O)O[C@H]1n1cnc2c(=O)[nH]c(N)nc21. The highest BCUT2D eigenvalue weighted by Gasteiger charge is 2.54. The van der Waals surface area contributed by atoms with Crippen LogP contribution in [-0.2, 0) is 31.6 Å². The number of hydrogen-bond donors (Lipinski definition) is 7. The summed E-state index contributed by atoms with van der Waals surface area (Å²) in [4.78, 5) is 56.2. The molecule has 0 bridgehead atoms. The first kappa shape index (κ1) is 26.4. The zero-order valence-corrected chi connectivity index (χ0v) is 19.6. The Bertz CT molecular complexity index is 1260. The molecule has 18 nitrogen and oxygen atoms in total. The summed E-state index contributed by atoms with van der Waals surface area (Å²) in [7, 11) is -16.7. The van der Waals surface area contributed by atoms with Crippen LogP contribution in [0.1, 0.15) is 13.2 Å². The number of alkyl halides is 1. The van der Waals surface area contributed by atoms with Gasteiger partial charge < -0.3 is 35.2 Å². The first-order valence-corrected chi connectivity index (χ1v) is 13.3. The Morgan fingerprint density at radius 1 is 1.27 bits per heavy atom. The summed E-state index contributed by atoms with van der Waals surface area (Å²) in [6.07, 6.45) is -3.16. The number of nitrogens with zero attached hydrogens (tertiary/aromatic N) is 3. The third kappa shape index (κ3) is 5.89. The number of H-pyrrole nitrogens is 1. The van der Waals surface area contributed by atoms with Crippen LogP contribution in [0.25, 0.3) is 11.2 Å². The van der Waals surface area contributed by atoms with Crippen molar-refractivity contribution in [1.29, 1.82) is 0 Å². The number of halogens is 1. The third-order valence-electron chi connectivity index (χ3n) is 4.24. The van der Waals surface area contributed by atoms with Crippen LogP contribution >= 0.6 is 35.1 Å². The molecular weight excluding hydrogens is 539 g/mol. The molecule has 0 radical (unpaired) electrons. The van der Waals surface area contributed by atoms with E-state index in [2.05, 4.69) is 28.1 Å². The van der Waals surface area contributed by atoms with Crippen LogP contribution in [0.3, 0.4) is 0 Å². The highest BCUT2D eigenvalue weighted by Crippen LogP contribution is 2.66. The van der Waals surface area contributed by atoms with E-state index in [0.29, 0.717) is 0 Å². The zero-order valence-electron chi connectivity index (χ0n) is 16.2. The van der Waals surface area contributed by atoms with Gasteiger partial charge in [-0.25, -0.2) is 18.7 Å². The van der Waals surface area contributed by atoms with E-state index in [1.54, 1.807) is 0 Å². The number of nitrogens with two attached hydrogens (primary N) is 1. The summed E-state index contributed by atoms with van der Waals surface area (Å²) < 4.78 is 52.4. The Morgan fingerprint density at radius 2 is 1.91 bits per heavy atom. The molecule has 0 amide bonds. The molecule has 3 rings (SSSR count). The van der Waals surface area contributed by atoms with Crippen molar-refractivity contribution in [1.82, 2.24) is 19.5 Å². The molecule has 0 aliphatic carbocycles. The molecule has 0 spiro atoms. The van der Waals surface area contributed by atoms with Gasteiger partial charge in [0.05, 0.1) is 12.9 Å². The number of imidazole rings is 1. The normalized spacial score (nSPS) is 29.7. The van der Waals surface area contributed by atoms with Crippen molar-refractivity contribution in [2.75, 3.05) is 12.3 Å². The minimum absolute atomic E-state index is 0.0474. The molecule has 1 aliphatic heterocycles. The minimum Gasteiger partial charge on any atom is -0.388 e. The molecule has 186 valence electrons. The lowest BCUT2D eigenvalue weighted by Crippen LogP contribution is -2.39. The molecule has 0 aromatic carbocycles. The van der Waals surface area contributed by atoms with Gasteiger partial charge in [-0.05, 0) is 6.92 Å². The molecule has 8 N–H and O–H groups in total. The number of phosphoric acid groups is 3. The van der Waals surface area contributed by atoms with Gasteiger partial charge in [-0.15, -0.1) is 11.6 Å². The van der Waals surface area contributed by atoms with Gasteiger partial charge in [-0.1, -0.05) is 0 Å². The molecule has 0 saturated carbocycles. The van der Waals surface area contributed by atoms with Gasteiger partial charge in [0.15, 0.2) is 17.4 Å². The summed E-state index contributed by atoms with van der Waals surface area (Å²) in [5.74, 6) is -0.242. The van der Waals surface area contributed by atoms with Crippen LogP contribution in [0.4, 0.5) is 5.95 Å². The smallest absolute Gasteiger partial charge is 0.388 e. The molecule has 2 aromatic rings. The monoisotopic (exact) mass is 555 g/mol. The number of nitrogen functional groups attached to an aromatic ring is 1. The van der Waals surface area contributed by atoms with Gasteiger partial charge in [0.2, 0.25) is 5.95 Å². The van der Waals surface area contributed by atoms with Crippen molar-refractivity contribution in [2.24, 2.45) is 0 Å². The van der Waals surface area contributed by atoms with Crippen molar-refractivity contribution in [2.45, 2.75) is 30.2 Å². The van der Waals surface area contributed by atoms with Gasteiger partial charge >= 0.3 is 23.5 Å². The lowest BCUT2D eigenvalue weighted by atomic mass is 10.0. The lowest BCUT2D eigenvalue weighted by Gasteiger charge is -2.26.